The van der Waals surface area contributed by atoms with Gasteiger partial charge in [0.1, 0.15) is 0 Å². The van der Waals surface area contributed by atoms with E-state index in [1.165, 1.54) is 24.8 Å². The van der Waals surface area contributed by atoms with E-state index in [1.54, 1.807) is 0 Å². The predicted molar refractivity (Wildman–Crippen MR) is 70.2 cm³/mol. The van der Waals surface area contributed by atoms with E-state index >= 15 is 0 Å². The first-order valence-electron chi connectivity index (χ1n) is 6.53. The Bertz CT molecular complexity index is 325. The van der Waals surface area contributed by atoms with Crippen LogP contribution in [-0.4, -0.2) is 22.7 Å². The van der Waals surface area contributed by atoms with Crippen LogP contribution >= 0.6 is 0 Å². The highest BCUT2D eigenvalue weighted by molar-refractivity contribution is 5.14. The molecule has 0 amide bonds. The molecule has 0 heterocycles. The van der Waals surface area contributed by atoms with Crippen molar-refractivity contribution in [1.29, 1.82) is 0 Å². The second-order valence-electron chi connectivity index (χ2n) is 5.03. The minimum atomic E-state index is 0.297. The molecule has 1 aromatic carbocycles. The molecule has 1 aliphatic rings. The van der Waals surface area contributed by atoms with Crippen LogP contribution in [-0.2, 0) is 6.54 Å². The monoisotopic (exact) mass is 232 g/mol. The third kappa shape index (κ3) is 3.30. The Morgan fingerprint density at radius 2 is 1.88 bits per heavy atom. The van der Waals surface area contributed by atoms with E-state index in [0.717, 1.165) is 13.0 Å². The molecule has 0 aromatic heterocycles. The van der Waals surface area contributed by atoms with Gasteiger partial charge in [-0.25, -0.2) is 0 Å². The summed E-state index contributed by atoms with van der Waals surface area (Å²) in [7, 11) is 4.18. The van der Waals surface area contributed by atoms with E-state index in [2.05, 4.69) is 36.2 Å². The fourth-order valence-electron chi connectivity index (χ4n) is 2.82. The summed E-state index contributed by atoms with van der Waals surface area (Å²) in [6.45, 7) is 1.17. The summed E-state index contributed by atoms with van der Waals surface area (Å²) in [5, 5.41) is 9.42. The zero-order chi connectivity index (χ0) is 12.1. The van der Waals surface area contributed by atoms with E-state index in [4.69, 9.17) is 0 Å². The quantitative estimate of drug-likeness (QED) is 0.807. The maximum atomic E-state index is 9.42. The molecule has 1 N–H and O–H groups in total. The van der Waals surface area contributed by atoms with Gasteiger partial charge in [0.2, 0.25) is 0 Å². The first kappa shape index (κ1) is 12.6. The molecule has 0 spiro atoms. The zero-order valence-corrected chi connectivity index (χ0v) is 10.4. The molecule has 0 bridgehead atoms. The molecule has 1 aromatic rings. The van der Waals surface area contributed by atoms with E-state index in [1.807, 2.05) is 6.07 Å². The van der Waals surface area contributed by atoms with Crippen molar-refractivity contribution in [1.82, 2.24) is 4.90 Å². The van der Waals surface area contributed by atoms with Gasteiger partial charge in [0, 0.05) is 6.61 Å². The third-order valence-electron chi connectivity index (χ3n) is 3.80. The van der Waals surface area contributed by atoms with Gasteiger partial charge in [0.25, 0.3) is 0 Å². The van der Waals surface area contributed by atoms with Gasteiger partial charge in [-0.2, -0.15) is 0 Å². The van der Waals surface area contributed by atoms with Gasteiger partial charge in [0.15, 0.2) is 0 Å². The molecule has 1 saturated carbocycles. The Morgan fingerprint density at radius 3 is 2.59 bits per heavy atom. The molecule has 1 aliphatic carbocycles. The number of hydrogen-bond acceptors (Lipinski definition) is 2. The van der Waals surface area contributed by atoms with Crippen molar-refractivity contribution in [2.45, 2.75) is 38.3 Å². The molecule has 0 unspecified atom stereocenters. The maximum Gasteiger partial charge on any atom is 0.0473 e. The molecule has 94 valence electrons. The number of rotatable bonds is 4. The molecular formula is C15H22NO-. The third-order valence-corrected chi connectivity index (χ3v) is 3.80. The minimum Gasteiger partial charge on any atom is -0.453 e. The van der Waals surface area contributed by atoms with Crippen molar-refractivity contribution < 1.29 is 5.11 Å². The topological polar surface area (TPSA) is 23.5 Å². The minimum absolute atomic E-state index is 0.297. The van der Waals surface area contributed by atoms with E-state index in [9.17, 15) is 5.11 Å². The van der Waals surface area contributed by atoms with Crippen LogP contribution in [0.5, 0.6) is 0 Å². The van der Waals surface area contributed by atoms with Gasteiger partial charge in [0.05, 0.1) is 0 Å². The molecule has 17 heavy (non-hydrogen) atoms. The highest BCUT2D eigenvalue weighted by atomic mass is 16.3. The molecule has 1 fully saturated rings. The van der Waals surface area contributed by atoms with Crippen molar-refractivity contribution >= 4 is 0 Å². The second-order valence-corrected chi connectivity index (χ2v) is 5.03. The van der Waals surface area contributed by atoms with E-state index < -0.39 is 0 Å². The van der Waals surface area contributed by atoms with Gasteiger partial charge >= 0.3 is 0 Å². The lowest BCUT2D eigenvalue weighted by Crippen LogP contribution is -2.40. The van der Waals surface area contributed by atoms with Crippen LogP contribution < -0.4 is 0 Å². The molecule has 0 radical (unpaired) electrons. The second kappa shape index (κ2) is 6.18. The molecular weight excluding hydrogens is 210 g/mol. The number of nitrogens with zero attached hydrogens (tertiary/aromatic N) is 1. The van der Waals surface area contributed by atoms with Crippen LogP contribution in [0.4, 0.5) is 0 Å². The average molecular weight is 232 g/mol. The van der Waals surface area contributed by atoms with Crippen LogP contribution in [0.15, 0.2) is 30.3 Å². The lowest BCUT2D eigenvalue weighted by Gasteiger charge is -2.42. The molecule has 0 saturated heterocycles. The summed E-state index contributed by atoms with van der Waals surface area (Å²) >= 11 is 0. The number of hydrogen-bond donors (Lipinski definition) is 1. The van der Waals surface area contributed by atoms with Gasteiger partial charge in [-0.3, -0.25) is 7.05 Å². The van der Waals surface area contributed by atoms with Crippen LogP contribution in [0.1, 0.15) is 31.2 Å². The predicted octanol–water partition coefficient (Wildman–Crippen LogP) is 2.83. The lowest BCUT2D eigenvalue weighted by atomic mass is 9.84. The molecule has 2 atom stereocenters. The Morgan fingerprint density at radius 1 is 1.18 bits per heavy atom. The normalized spacial score (nSPS) is 25.1. The Balaban J connectivity index is 1.96. The summed E-state index contributed by atoms with van der Waals surface area (Å²) in [5.41, 5.74) is 1.30. The van der Waals surface area contributed by atoms with Gasteiger partial charge in [-0.05, 0) is 36.9 Å². The standard InChI is InChI=1S/C15H22NO/c1-16(11-13-7-3-2-4-8-13)15-10-6-5-9-14(15)12-17/h2-4,7-8,14-15,17H,1,5-6,9-12H2/q-1/t14-,15-/m1/s1. The Hall–Kier alpha value is -0.860. The molecule has 2 heteroatoms. The van der Waals surface area contributed by atoms with Crippen LogP contribution in [0, 0.1) is 13.0 Å². The summed E-state index contributed by atoms with van der Waals surface area (Å²) in [4.78, 5) is 2.16. The van der Waals surface area contributed by atoms with E-state index in [-0.39, 0.29) is 0 Å². The summed E-state index contributed by atoms with van der Waals surface area (Å²) in [6.07, 6.45) is 4.83. The van der Waals surface area contributed by atoms with Crippen molar-refractivity contribution in [3.8, 4) is 0 Å². The molecule has 2 rings (SSSR count). The first-order chi connectivity index (χ1) is 8.31. The fourth-order valence-corrected chi connectivity index (χ4v) is 2.82. The van der Waals surface area contributed by atoms with Crippen molar-refractivity contribution in [3.63, 3.8) is 0 Å². The number of aliphatic hydroxyl groups is 1. The molecule has 0 aliphatic heterocycles. The Labute approximate surface area is 104 Å². The summed E-state index contributed by atoms with van der Waals surface area (Å²) in [6, 6.07) is 10.9. The number of aliphatic hydroxyl groups excluding tert-OH is 1. The lowest BCUT2D eigenvalue weighted by molar-refractivity contribution is 0.0889. The van der Waals surface area contributed by atoms with E-state index in [0.29, 0.717) is 18.6 Å². The average Bonchev–Trinajstić information content (AvgIpc) is 2.40. The van der Waals surface area contributed by atoms with Crippen molar-refractivity contribution in [2.75, 3.05) is 6.61 Å². The van der Waals surface area contributed by atoms with Crippen molar-refractivity contribution in [2.24, 2.45) is 5.92 Å². The molecule has 2 nitrogen and oxygen atoms in total. The first-order valence-corrected chi connectivity index (χ1v) is 6.53. The van der Waals surface area contributed by atoms with Gasteiger partial charge < -0.3 is 10.0 Å². The van der Waals surface area contributed by atoms with Crippen LogP contribution in [0.3, 0.4) is 0 Å². The van der Waals surface area contributed by atoms with Crippen molar-refractivity contribution in [3.05, 3.63) is 42.9 Å². The SMILES string of the molecule is [CH2-]N(Cc1ccccc1)[C@@H]1CCCC[C@@H]1CO. The smallest absolute Gasteiger partial charge is 0.0473 e. The van der Waals surface area contributed by atoms with Crippen LogP contribution in [0.25, 0.3) is 0 Å². The Kier molecular flexibility index (Phi) is 4.57. The van der Waals surface area contributed by atoms with Crippen LogP contribution in [0.2, 0.25) is 0 Å². The fraction of sp³-hybridized carbons (Fsp3) is 0.533. The number of benzene rings is 1. The highest BCUT2D eigenvalue weighted by Gasteiger charge is 2.24. The zero-order valence-electron chi connectivity index (χ0n) is 10.4. The van der Waals surface area contributed by atoms with Gasteiger partial charge in [-0.1, -0.05) is 43.2 Å². The summed E-state index contributed by atoms with van der Waals surface area (Å²) in [5.74, 6) is 0.407. The summed E-state index contributed by atoms with van der Waals surface area (Å²) < 4.78 is 0. The van der Waals surface area contributed by atoms with Gasteiger partial charge in [-0.15, -0.1) is 0 Å². The maximum absolute atomic E-state index is 9.42. The highest BCUT2D eigenvalue weighted by Crippen LogP contribution is 2.28. The largest absolute Gasteiger partial charge is 0.453 e.